The molecule has 1 fully saturated rings. The van der Waals surface area contributed by atoms with Gasteiger partial charge in [0.15, 0.2) is 0 Å². The zero-order valence-electron chi connectivity index (χ0n) is 13.8. The Balaban J connectivity index is 1.77. The first-order chi connectivity index (χ1) is 11.7. The van der Waals surface area contributed by atoms with Crippen molar-refractivity contribution in [1.29, 1.82) is 0 Å². The molecule has 0 spiro atoms. The summed E-state index contributed by atoms with van der Waals surface area (Å²) in [5.74, 6) is 3.19. The van der Waals surface area contributed by atoms with Crippen LogP contribution >= 0.6 is 0 Å². The van der Waals surface area contributed by atoms with Gasteiger partial charge in [0, 0.05) is 56.1 Å². The van der Waals surface area contributed by atoms with Crippen LogP contribution in [0.25, 0.3) is 0 Å². The molecule has 0 aliphatic carbocycles. The van der Waals surface area contributed by atoms with Gasteiger partial charge in [0.25, 0.3) is 0 Å². The maximum atomic E-state index is 9.26. The molecule has 7 heteroatoms. The Bertz CT molecular complexity index is 673. The minimum Gasteiger partial charge on any atom is -0.496 e. The molecule has 128 valence electrons. The molecule has 0 radical (unpaired) electrons. The molecule has 0 saturated carbocycles. The number of aliphatic hydroxyl groups excluding tert-OH is 1. The second kappa shape index (κ2) is 7.35. The zero-order chi connectivity index (χ0) is 16.9. The van der Waals surface area contributed by atoms with E-state index in [0.29, 0.717) is 29.1 Å². The molecule has 1 N–H and O–H groups in total. The van der Waals surface area contributed by atoms with Crippen molar-refractivity contribution in [3.05, 3.63) is 30.5 Å². The van der Waals surface area contributed by atoms with E-state index < -0.39 is 0 Å². The molecule has 0 bridgehead atoms. The van der Waals surface area contributed by atoms with Crippen LogP contribution in [0.1, 0.15) is 6.42 Å². The summed E-state index contributed by atoms with van der Waals surface area (Å²) < 4.78 is 16.3. The number of methoxy groups -OCH3 is 2. The van der Waals surface area contributed by atoms with Gasteiger partial charge in [-0.25, -0.2) is 4.98 Å². The lowest BCUT2D eigenvalue weighted by Crippen LogP contribution is -2.22. The van der Waals surface area contributed by atoms with Crippen LogP contribution in [-0.2, 0) is 0 Å². The lowest BCUT2D eigenvalue weighted by molar-refractivity contribution is 0.238. The molecule has 1 aliphatic heterocycles. The number of aromatic nitrogens is 2. The standard InChI is InChI=1S/C17H21N3O4/c1-22-13-7-14(23-2)9-15(8-13)24-16-3-5-18-17(19-16)20-6-4-12(10-20)11-21/h3,5,7-9,12,21H,4,6,10-11H2,1-2H3/t12-/m0/s1. The van der Waals surface area contributed by atoms with Crippen LogP contribution in [0.15, 0.2) is 30.5 Å². The average Bonchev–Trinajstić information content (AvgIpc) is 3.11. The number of ether oxygens (including phenoxy) is 3. The van der Waals surface area contributed by atoms with Crippen LogP contribution in [-0.4, -0.2) is 49.0 Å². The average molecular weight is 331 g/mol. The molecule has 1 aliphatic rings. The molecule has 1 aromatic heterocycles. The number of anilines is 1. The second-order valence-electron chi connectivity index (χ2n) is 5.63. The van der Waals surface area contributed by atoms with Gasteiger partial charge in [-0.3, -0.25) is 0 Å². The van der Waals surface area contributed by atoms with Crippen molar-refractivity contribution >= 4 is 5.95 Å². The van der Waals surface area contributed by atoms with E-state index in [1.54, 1.807) is 44.7 Å². The number of hydrogen-bond donors (Lipinski definition) is 1. The predicted molar refractivity (Wildman–Crippen MR) is 89.1 cm³/mol. The summed E-state index contributed by atoms with van der Waals surface area (Å²) in [6.45, 7) is 1.78. The summed E-state index contributed by atoms with van der Waals surface area (Å²) >= 11 is 0. The first-order valence-electron chi connectivity index (χ1n) is 7.81. The van der Waals surface area contributed by atoms with Crippen LogP contribution < -0.4 is 19.1 Å². The van der Waals surface area contributed by atoms with Gasteiger partial charge in [0.2, 0.25) is 11.8 Å². The van der Waals surface area contributed by atoms with E-state index in [4.69, 9.17) is 14.2 Å². The highest BCUT2D eigenvalue weighted by Crippen LogP contribution is 2.30. The Morgan fingerprint density at radius 1 is 1.17 bits per heavy atom. The van der Waals surface area contributed by atoms with E-state index in [2.05, 4.69) is 14.9 Å². The fourth-order valence-corrected chi connectivity index (χ4v) is 2.67. The number of hydrogen-bond acceptors (Lipinski definition) is 7. The Morgan fingerprint density at radius 3 is 2.50 bits per heavy atom. The van der Waals surface area contributed by atoms with E-state index >= 15 is 0 Å². The van der Waals surface area contributed by atoms with E-state index in [-0.39, 0.29) is 12.5 Å². The van der Waals surface area contributed by atoms with E-state index in [0.717, 1.165) is 19.5 Å². The van der Waals surface area contributed by atoms with Crippen molar-refractivity contribution in [2.45, 2.75) is 6.42 Å². The molecular weight excluding hydrogens is 310 g/mol. The first-order valence-corrected chi connectivity index (χ1v) is 7.81. The minimum atomic E-state index is 0.191. The molecule has 1 saturated heterocycles. The van der Waals surface area contributed by atoms with Crippen LogP contribution in [0.2, 0.25) is 0 Å². The molecule has 2 heterocycles. The van der Waals surface area contributed by atoms with Crippen LogP contribution in [0.3, 0.4) is 0 Å². The van der Waals surface area contributed by atoms with Crippen molar-refractivity contribution in [1.82, 2.24) is 9.97 Å². The van der Waals surface area contributed by atoms with Gasteiger partial charge in [0.05, 0.1) is 14.2 Å². The van der Waals surface area contributed by atoms with Gasteiger partial charge in [0.1, 0.15) is 17.2 Å². The smallest absolute Gasteiger partial charge is 0.228 e. The molecule has 7 nitrogen and oxygen atoms in total. The van der Waals surface area contributed by atoms with E-state index in [1.165, 1.54) is 0 Å². The predicted octanol–water partition coefficient (Wildman–Crippen LogP) is 2.10. The number of nitrogens with zero attached hydrogens (tertiary/aromatic N) is 3. The quantitative estimate of drug-likeness (QED) is 0.868. The topological polar surface area (TPSA) is 76.9 Å². The van der Waals surface area contributed by atoms with Gasteiger partial charge in [-0.2, -0.15) is 4.98 Å². The molecule has 2 aromatic rings. The number of benzene rings is 1. The lowest BCUT2D eigenvalue weighted by Gasteiger charge is -2.16. The molecule has 1 aromatic carbocycles. The van der Waals surface area contributed by atoms with Crippen LogP contribution in [0.4, 0.5) is 5.95 Å². The first kappa shape index (κ1) is 16.3. The maximum Gasteiger partial charge on any atom is 0.228 e. The van der Waals surface area contributed by atoms with Gasteiger partial charge >= 0.3 is 0 Å². The summed E-state index contributed by atoms with van der Waals surface area (Å²) in [7, 11) is 3.18. The molecule has 0 amide bonds. The van der Waals surface area contributed by atoms with Gasteiger partial charge in [-0.05, 0) is 6.42 Å². The fraction of sp³-hybridized carbons (Fsp3) is 0.412. The lowest BCUT2D eigenvalue weighted by atomic mass is 10.1. The third-order valence-electron chi connectivity index (χ3n) is 3.99. The highest BCUT2D eigenvalue weighted by Gasteiger charge is 2.23. The monoisotopic (exact) mass is 331 g/mol. The second-order valence-corrected chi connectivity index (χ2v) is 5.63. The highest BCUT2D eigenvalue weighted by atomic mass is 16.5. The molecular formula is C17H21N3O4. The summed E-state index contributed by atoms with van der Waals surface area (Å²) in [5.41, 5.74) is 0. The summed E-state index contributed by atoms with van der Waals surface area (Å²) in [6, 6.07) is 7.01. The highest BCUT2D eigenvalue weighted by molar-refractivity contribution is 5.43. The van der Waals surface area contributed by atoms with Crippen LogP contribution in [0.5, 0.6) is 23.1 Å². The maximum absolute atomic E-state index is 9.26. The van der Waals surface area contributed by atoms with Gasteiger partial charge in [-0.1, -0.05) is 0 Å². The van der Waals surface area contributed by atoms with E-state index in [9.17, 15) is 5.11 Å². The summed E-state index contributed by atoms with van der Waals surface area (Å²) in [4.78, 5) is 10.8. The van der Waals surface area contributed by atoms with Crippen molar-refractivity contribution in [2.24, 2.45) is 5.92 Å². The van der Waals surface area contributed by atoms with Crippen molar-refractivity contribution < 1.29 is 19.3 Å². The number of rotatable bonds is 6. The largest absolute Gasteiger partial charge is 0.496 e. The molecule has 1 atom stereocenters. The normalized spacial score (nSPS) is 17.0. The van der Waals surface area contributed by atoms with Crippen LogP contribution in [0, 0.1) is 5.92 Å². The summed E-state index contributed by atoms with van der Waals surface area (Å²) in [5, 5.41) is 9.26. The Kier molecular flexibility index (Phi) is 5.00. The molecule has 0 unspecified atom stereocenters. The fourth-order valence-electron chi connectivity index (χ4n) is 2.67. The Morgan fingerprint density at radius 2 is 1.88 bits per heavy atom. The minimum absolute atomic E-state index is 0.191. The zero-order valence-corrected chi connectivity index (χ0v) is 13.8. The number of aliphatic hydroxyl groups is 1. The Labute approximate surface area is 140 Å². The SMILES string of the molecule is COc1cc(OC)cc(Oc2ccnc(N3CC[C@H](CO)C3)n2)c1. The molecule has 3 rings (SSSR count). The molecule has 24 heavy (non-hydrogen) atoms. The van der Waals surface area contributed by atoms with E-state index in [1.807, 2.05) is 0 Å². The van der Waals surface area contributed by atoms with Gasteiger partial charge < -0.3 is 24.2 Å². The van der Waals surface area contributed by atoms with Crippen molar-refractivity contribution in [3.63, 3.8) is 0 Å². The third kappa shape index (κ3) is 3.68. The van der Waals surface area contributed by atoms with Crippen molar-refractivity contribution in [2.75, 3.05) is 38.8 Å². The Hall–Kier alpha value is -2.54. The summed E-state index contributed by atoms with van der Waals surface area (Å²) in [6.07, 6.45) is 2.61. The van der Waals surface area contributed by atoms with Gasteiger partial charge in [-0.15, -0.1) is 0 Å². The third-order valence-corrected chi connectivity index (χ3v) is 3.99. The van der Waals surface area contributed by atoms with Crippen molar-refractivity contribution in [3.8, 4) is 23.1 Å².